The van der Waals surface area contributed by atoms with E-state index in [4.69, 9.17) is 4.74 Å². The van der Waals surface area contributed by atoms with Gasteiger partial charge in [0.15, 0.2) is 0 Å². The molecule has 0 aromatic rings. The maximum Gasteiger partial charge on any atom is 0.0778 e. The average molecular weight is 243 g/mol. The largest absolute Gasteiger partial charge is 0.376 e. The fourth-order valence-corrected chi connectivity index (χ4v) is 2.55. The molecule has 0 aliphatic carbocycles. The molecule has 3 atom stereocenters. The number of rotatable bonds is 8. The standard InChI is InChI=1S/C15H33NO/c1-8-11-12(4)13(16-9-2)14(17-10-3)15(5,6)7/h12-14,16H,8-11H2,1-7H3. The van der Waals surface area contributed by atoms with Gasteiger partial charge in [-0.15, -0.1) is 0 Å². The molecule has 17 heavy (non-hydrogen) atoms. The first-order valence-corrected chi connectivity index (χ1v) is 7.23. The zero-order valence-corrected chi connectivity index (χ0v) is 13.0. The molecule has 3 unspecified atom stereocenters. The van der Waals surface area contributed by atoms with Crippen LogP contribution in [0.5, 0.6) is 0 Å². The van der Waals surface area contributed by atoms with Gasteiger partial charge < -0.3 is 10.1 Å². The Labute approximate surface area is 109 Å². The van der Waals surface area contributed by atoms with E-state index in [9.17, 15) is 0 Å². The fraction of sp³-hybridized carbons (Fsp3) is 1.00. The van der Waals surface area contributed by atoms with Crippen molar-refractivity contribution in [2.75, 3.05) is 13.2 Å². The summed E-state index contributed by atoms with van der Waals surface area (Å²) in [7, 11) is 0. The van der Waals surface area contributed by atoms with Crippen LogP contribution in [0.1, 0.15) is 61.3 Å². The van der Waals surface area contributed by atoms with Crippen LogP contribution in [0.2, 0.25) is 0 Å². The summed E-state index contributed by atoms with van der Waals surface area (Å²) in [6.07, 6.45) is 2.79. The van der Waals surface area contributed by atoms with Gasteiger partial charge in [-0.3, -0.25) is 0 Å². The Morgan fingerprint density at radius 2 is 1.71 bits per heavy atom. The first-order chi connectivity index (χ1) is 7.88. The van der Waals surface area contributed by atoms with Crippen molar-refractivity contribution in [3.63, 3.8) is 0 Å². The smallest absolute Gasteiger partial charge is 0.0778 e. The number of hydrogen-bond donors (Lipinski definition) is 1. The van der Waals surface area contributed by atoms with Gasteiger partial charge in [0.25, 0.3) is 0 Å². The number of nitrogens with one attached hydrogen (secondary N) is 1. The maximum absolute atomic E-state index is 6.03. The van der Waals surface area contributed by atoms with Crippen LogP contribution in [0, 0.1) is 11.3 Å². The summed E-state index contributed by atoms with van der Waals surface area (Å²) < 4.78 is 6.03. The second kappa shape index (κ2) is 8.10. The Kier molecular flexibility index (Phi) is 8.06. The highest BCUT2D eigenvalue weighted by atomic mass is 16.5. The van der Waals surface area contributed by atoms with Crippen molar-refractivity contribution in [1.29, 1.82) is 0 Å². The van der Waals surface area contributed by atoms with E-state index in [1.165, 1.54) is 12.8 Å². The topological polar surface area (TPSA) is 21.3 Å². The minimum absolute atomic E-state index is 0.185. The second-order valence-electron chi connectivity index (χ2n) is 6.09. The zero-order valence-electron chi connectivity index (χ0n) is 13.0. The van der Waals surface area contributed by atoms with E-state index in [-0.39, 0.29) is 11.5 Å². The number of ether oxygens (including phenoxy) is 1. The minimum Gasteiger partial charge on any atom is -0.376 e. The summed E-state index contributed by atoms with van der Waals surface area (Å²) in [4.78, 5) is 0. The van der Waals surface area contributed by atoms with Gasteiger partial charge in [-0.05, 0) is 31.2 Å². The lowest BCUT2D eigenvalue weighted by Crippen LogP contribution is -2.51. The highest BCUT2D eigenvalue weighted by molar-refractivity contribution is 4.89. The molecular weight excluding hydrogens is 210 g/mol. The van der Waals surface area contributed by atoms with Crippen LogP contribution in [0.3, 0.4) is 0 Å². The summed E-state index contributed by atoms with van der Waals surface area (Å²) in [5.41, 5.74) is 0.185. The molecule has 0 aromatic heterocycles. The van der Waals surface area contributed by atoms with Crippen LogP contribution < -0.4 is 5.32 Å². The van der Waals surface area contributed by atoms with Crippen molar-refractivity contribution in [2.45, 2.75) is 73.5 Å². The van der Waals surface area contributed by atoms with E-state index >= 15 is 0 Å². The zero-order chi connectivity index (χ0) is 13.5. The Balaban J connectivity index is 4.81. The number of likely N-dealkylation sites (N-methyl/N-ethyl adjacent to an activating group) is 1. The summed E-state index contributed by atoms with van der Waals surface area (Å²) in [5, 5.41) is 3.63. The Hall–Kier alpha value is -0.0800. The van der Waals surface area contributed by atoms with Crippen molar-refractivity contribution in [3.05, 3.63) is 0 Å². The van der Waals surface area contributed by atoms with Gasteiger partial charge in [-0.1, -0.05) is 48.0 Å². The SMILES string of the molecule is CCCC(C)C(NCC)C(OCC)C(C)(C)C. The van der Waals surface area contributed by atoms with E-state index in [1.54, 1.807) is 0 Å². The predicted octanol–water partition coefficient (Wildman–Crippen LogP) is 3.85. The minimum atomic E-state index is 0.185. The Bertz CT molecular complexity index is 186. The van der Waals surface area contributed by atoms with Crippen molar-refractivity contribution < 1.29 is 4.74 Å². The van der Waals surface area contributed by atoms with Gasteiger partial charge in [-0.25, -0.2) is 0 Å². The summed E-state index contributed by atoms with van der Waals surface area (Å²) in [5.74, 6) is 0.663. The van der Waals surface area contributed by atoms with Crippen LogP contribution in [0.25, 0.3) is 0 Å². The molecule has 2 heteroatoms. The summed E-state index contributed by atoms with van der Waals surface area (Å²) in [6.45, 7) is 17.5. The lowest BCUT2D eigenvalue weighted by atomic mass is 9.79. The summed E-state index contributed by atoms with van der Waals surface area (Å²) in [6, 6.07) is 0.458. The number of hydrogen-bond acceptors (Lipinski definition) is 2. The van der Waals surface area contributed by atoms with E-state index in [0.29, 0.717) is 12.0 Å². The van der Waals surface area contributed by atoms with Crippen molar-refractivity contribution in [3.8, 4) is 0 Å². The molecule has 0 amide bonds. The molecule has 0 fully saturated rings. The molecule has 2 nitrogen and oxygen atoms in total. The quantitative estimate of drug-likeness (QED) is 0.699. The molecular formula is C15H33NO. The normalized spacial score (nSPS) is 17.8. The summed E-state index contributed by atoms with van der Waals surface area (Å²) >= 11 is 0. The fourth-order valence-electron chi connectivity index (χ4n) is 2.55. The van der Waals surface area contributed by atoms with Crippen molar-refractivity contribution in [2.24, 2.45) is 11.3 Å². The van der Waals surface area contributed by atoms with Crippen LogP contribution >= 0.6 is 0 Å². The monoisotopic (exact) mass is 243 g/mol. The lowest BCUT2D eigenvalue weighted by molar-refractivity contribution is -0.0477. The van der Waals surface area contributed by atoms with E-state index in [0.717, 1.165) is 13.2 Å². The molecule has 0 aromatic carbocycles. The molecule has 0 rings (SSSR count). The van der Waals surface area contributed by atoms with Crippen molar-refractivity contribution >= 4 is 0 Å². The van der Waals surface area contributed by atoms with Crippen LogP contribution in [0.4, 0.5) is 0 Å². The molecule has 0 heterocycles. The van der Waals surface area contributed by atoms with Crippen molar-refractivity contribution in [1.82, 2.24) is 5.32 Å². The molecule has 0 saturated heterocycles. The predicted molar refractivity (Wildman–Crippen MR) is 76.4 cm³/mol. The average Bonchev–Trinajstić information content (AvgIpc) is 2.22. The van der Waals surface area contributed by atoms with Gasteiger partial charge in [0.1, 0.15) is 0 Å². The molecule has 0 bridgehead atoms. The first-order valence-electron chi connectivity index (χ1n) is 7.23. The lowest BCUT2D eigenvalue weighted by Gasteiger charge is -2.40. The molecule has 104 valence electrons. The van der Waals surface area contributed by atoms with E-state index in [1.807, 2.05) is 0 Å². The molecule has 0 aliphatic rings. The first kappa shape index (κ1) is 16.9. The molecule has 0 saturated carbocycles. The molecule has 1 N–H and O–H groups in total. The van der Waals surface area contributed by atoms with Gasteiger partial charge in [0, 0.05) is 12.6 Å². The molecule has 0 aliphatic heterocycles. The maximum atomic E-state index is 6.03. The Morgan fingerprint density at radius 1 is 1.12 bits per heavy atom. The second-order valence-corrected chi connectivity index (χ2v) is 6.09. The third kappa shape index (κ3) is 5.87. The van der Waals surface area contributed by atoms with Gasteiger partial charge in [0.05, 0.1) is 6.10 Å². The van der Waals surface area contributed by atoms with Crippen LogP contribution in [-0.2, 0) is 4.74 Å². The third-order valence-electron chi connectivity index (χ3n) is 3.32. The Morgan fingerprint density at radius 3 is 2.06 bits per heavy atom. The highest BCUT2D eigenvalue weighted by Crippen LogP contribution is 2.29. The van der Waals surface area contributed by atoms with E-state index < -0.39 is 0 Å². The van der Waals surface area contributed by atoms with Crippen LogP contribution in [0.15, 0.2) is 0 Å². The van der Waals surface area contributed by atoms with Gasteiger partial charge in [0.2, 0.25) is 0 Å². The van der Waals surface area contributed by atoms with Crippen LogP contribution in [-0.4, -0.2) is 25.3 Å². The molecule has 0 spiro atoms. The van der Waals surface area contributed by atoms with E-state index in [2.05, 4.69) is 53.8 Å². The molecule has 0 radical (unpaired) electrons. The van der Waals surface area contributed by atoms with Gasteiger partial charge >= 0.3 is 0 Å². The van der Waals surface area contributed by atoms with Gasteiger partial charge in [-0.2, -0.15) is 0 Å². The highest BCUT2D eigenvalue weighted by Gasteiger charge is 2.35. The third-order valence-corrected chi connectivity index (χ3v) is 3.32.